The van der Waals surface area contributed by atoms with Crippen LogP contribution in [-0.4, -0.2) is 5.91 Å². The van der Waals surface area contributed by atoms with Gasteiger partial charge in [-0.1, -0.05) is 18.2 Å². The highest BCUT2D eigenvalue weighted by atomic mass is 16.1. The van der Waals surface area contributed by atoms with Crippen LogP contribution in [0.3, 0.4) is 0 Å². The molecule has 2 aromatic carbocycles. The maximum absolute atomic E-state index is 12.5. The first kappa shape index (κ1) is 13.9. The molecular weight excluding hydrogens is 258 g/mol. The molecule has 0 unspecified atom stereocenters. The Kier molecular flexibility index (Phi) is 3.78. The molecule has 21 heavy (non-hydrogen) atoms. The molecule has 108 valence electrons. The number of fused-ring (bicyclic) bond motifs is 1. The van der Waals surface area contributed by atoms with Crippen LogP contribution in [0.1, 0.15) is 45.5 Å². The van der Waals surface area contributed by atoms with E-state index in [1.165, 1.54) is 24.0 Å². The van der Waals surface area contributed by atoms with Gasteiger partial charge in [-0.2, -0.15) is 0 Å². The van der Waals surface area contributed by atoms with Gasteiger partial charge in [0.05, 0.1) is 0 Å². The van der Waals surface area contributed by atoms with Crippen molar-refractivity contribution in [2.75, 3.05) is 5.32 Å². The zero-order valence-corrected chi connectivity index (χ0v) is 12.7. The largest absolute Gasteiger partial charge is 0.322 e. The Morgan fingerprint density at radius 2 is 1.71 bits per heavy atom. The van der Waals surface area contributed by atoms with Crippen molar-refractivity contribution in [2.45, 2.75) is 39.5 Å². The van der Waals surface area contributed by atoms with Crippen molar-refractivity contribution in [3.8, 4) is 0 Å². The number of carbonyl (C=O) groups excluding carboxylic acids is 1. The Bertz CT molecular complexity index is 688. The summed E-state index contributed by atoms with van der Waals surface area (Å²) in [5, 5.41) is 3.04. The van der Waals surface area contributed by atoms with Gasteiger partial charge in [-0.25, -0.2) is 0 Å². The predicted molar refractivity (Wildman–Crippen MR) is 87.0 cm³/mol. The average Bonchev–Trinajstić information content (AvgIpc) is 2.50. The summed E-state index contributed by atoms with van der Waals surface area (Å²) < 4.78 is 0. The van der Waals surface area contributed by atoms with Crippen molar-refractivity contribution in [2.24, 2.45) is 0 Å². The third-order valence-electron chi connectivity index (χ3n) is 4.25. The lowest BCUT2D eigenvalue weighted by molar-refractivity contribution is 0.102. The fourth-order valence-corrected chi connectivity index (χ4v) is 2.94. The van der Waals surface area contributed by atoms with Gasteiger partial charge < -0.3 is 5.32 Å². The molecule has 0 saturated carbocycles. The number of hydrogen-bond acceptors (Lipinski definition) is 1. The van der Waals surface area contributed by atoms with Crippen LogP contribution in [0.25, 0.3) is 0 Å². The van der Waals surface area contributed by atoms with E-state index in [4.69, 9.17) is 0 Å². The van der Waals surface area contributed by atoms with E-state index in [1.54, 1.807) is 0 Å². The third-order valence-corrected chi connectivity index (χ3v) is 4.25. The highest BCUT2D eigenvalue weighted by molar-refractivity contribution is 6.04. The first-order valence-electron chi connectivity index (χ1n) is 7.64. The minimum absolute atomic E-state index is 0.0166. The second kappa shape index (κ2) is 5.72. The number of carbonyl (C=O) groups is 1. The first-order valence-corrected chi connectivity index (χ1v) is 7.64. The van der Waals surface area contributed by atoms with E-state index in [-0.39, 0.29) is 5.91 Å². The molecule has 0 aromatic heterocycles. The minimum Gasteiger partial charge on any atom is -0.322 e. The van der Waals surface area contributed by atoms with Gasteiger partial charge in [0, 0.05) is 11.3 Å². The summed E-state index contributed by atoms with van der Waals surface area (Å²) in [6.07, 6.45) is 4.74. The maximum Gasteiger partial charge on any atom is 0.255 e. The number of aryl methyl sites for hydroxylation is 4. The SMILES string of the molecule is Cc1ccc(C)c(NC(=O)c2ccc3c(c2)CCCC3)c1. The Morgan fingerprint density at radius 3 is 2.52 bits per heavy atom. The average molecular weight is 279 g/mol. The van der Waals surface area contributed by atoms with Crippen LogP contribution in [0.2, 0.25) is 0 Å². The van der Waals surface area contributed by atoms with Crippen molar-refractivity contribution in [3.05, 3.63) is 64.2 Å². The smallest absolute Gasteiger partial charge is 0.255 e. The topological polar surface area (TPSA) is 29.1 Å². The van der Waals surface area contributed by atoms with Crippen LogP contribution in [0.5, 0.6) is 0 Å². The van der Waals surface area contributed by atoms with Gasteiger partial charge >= 0.3 is 0 Å². The summed E-state index contributed by atoms with van der Waals surface area (Å²) in [7, 11) is 0. The van der Waals surface area contributed by atoms with Crippen molar-refractivity contribution >= 4 is 11.6 Å². The maximum atomic E-state index is 12.5. The molecular formula is C19H21NO. The summed E-state index contributed by atoms with van der Waals surface area (Å²) in [6.45, 7) is 4.05. The molecule has 2 aromatic rings. The highest BCUT2D eigenvalue weighted by Gasteiger charge is 2.13. The predicted octanol–water partition coefficient (Wildman–Crippen LogP) is 4.43. The monoisotopic (exact) mass is 279 g/mol. The molecule has 0 fully saturated rings. The fourth-order valence-electron chi connectivity index (χ4n) is 2.94. The summed E-state index contributed by atoms with van der Waals surface area (Å²) >= 11 is 0. The zero-order chi connectivity index (χ0) is 14.8. The number of hydrogen-bond donors (Lipinski definition) is 1. The second-order valence-corrected chi connectivity index (χ2v) is 5.96. The van der Waals surface area contributed by atoms with Crippen LogP contribution < -0.4 is 5.32 Å². The Morgan fingerprint density at radius 1 is 0.952 bits per heavy atom. The van der Waals surface area contributed by atoms with Crippen molar-refractivity contribution in [1.82, 2.24) is 0 Å². The van der Waals surface area contributed by atoms with Crippen LogP contribution in [0, 0.1) is 13.8 Å². The molecule has 1 aliphatic rings. The standard InChI is InChI=1S/C19H21NO/c1-13-7-8-14(2)18(11-13)20-19(21)17-10-9-15-5-3-4-6-16(15)12-17/h7-12H,3-6H2,1-2H3,(H,20,21). The summed E-state index contributed by atoms with van der Waals surface area (Å²) in [5.41, 5.74) is 6.65. The second-order valence-electron chi connectivity index (χ2n) is 5.96. The molecule has 0 saturated heterocycles. The molecule has 2 nitrogen and oxygen atoms in total. The molecule has 1 N–H and O–H groups in total. The Labute approximate surface area is 126 Å². The van der Waals surface area contributed by atoms with E-state index in [9.17, 15) is 4.79 Å². The molecule has 0 spiro atoms. The number of rotatable bonds is 2. The summed E-state index contributed by atoms with van der Waals surface area (Å²) in [5.74, 6) is -0.0166. The zero-order valence-electron chi connectivity index (χ0n) is 12.7. The molecule has 0 bridgehead atoms. The van der Waals surface area contributed by atoms with Crippen LogP contribution in [0.15, 0.2) is 36.4 Å². The highest BCUT2D eigenvalue weighted by Crippen LogP contribution is 2.23. The quantitative estimate of drug-likeness (QED) is 0.865. The molecule has 1 aliphatic carbocycles. The molecule has 0 heterocycles. The van der Waals surface area contributed by atoms with Gasteiger partial charge in [-0.05, 0) is 80.0 Å². The molecule has 2 heteroatoms. The van der Waals surface area contributed by atoms with Crippen LogP contribution in [-0.2, 0) is 12.8 Å². The molecule has 0 atom stereocenters. The van der Waals surface area contributed by atoms with Gasteiger partial charge in [-0.15, -0.1) is 0 Å². The molecule has 1 amide bonds. The van der Waals surface area contributed by atoms with E-state index < -0.39 is 0 Å². The van der Waals surface area contributed by atoms with Gasteiger partial charge in [-0.3, -0.25) is 4.79 Å². The number of amides is 1. The van der Waals surface area contributed by atoms with E-state index in [0.29, 0.717) is 0 Å². The van der Waals surface area contributed by atoms with Gasteiger partial charge in [0.15, 0.2) is 0 Å². The lowest BCUT2D eigenvalue weighted by Crippen LogP contribution is -2.14. The van der Waals surface area contributed by atoms with E-state index in [1.807, 2.05) is 32.0 Å². The van der Waals surface area contributed by atoms with Crippen molar-refractivity contribution in [3.63, 3.8) is 0 Å². The Hall–Kier alpha value is -2.09. The van der Waals surface area contributed by atoms with E-state index in [0.717, 1.165) is 35.2 Å². The summed E-state index contributed by atoms with van der Waals surface area (Å²) in [6, 6.07) is 12.2. The van der Waals surface area contributed by atoms with Crippen LogP contribution >= 0.6 is 0 Å². The third kappa shape index (κ3) is 2.99. The lowest BCUT2D eigenvalue weighted by Gasteiger charge is -2.16. The Balaban J connectivity index is 1.83. The minimum atomic E-state index is -0.0166. The number of nitrogens with one attached hydrogen (secondary N) is 1. The van der Waals surface area contributed by atoms with Gasteiger partial charge in [0.2, 0.25) is 0 Å². The molecule has 0 radical (unpaired) electrons. The van der Waals surface area contributed by atoms with Crippen molar-refractivity contribution in [1.29, 1.82) is 0 Å². The van der Waals surface area contributed by atoms with E-state index >= 15 is 0 Å². The normalized spacial score (nSPS) is 13.6. The number of anilines is 1. The van der Waals surface area contributed by atoms with Gasteiger partial charge in [0.1, 0.15) is 0 Å². The molecule has 0 aliphatic heterocycles. The fraction of sp³-hybridized carbons (Fsp3) is 0.316. The van der Waals surface area contributed by atoms with E-state index in [2.05, 4.69) is 23.5 Å². The van der Waals surface area contributed by atoms with Crippen molar-refractivity contribution < 1.29 is 4.79 Å². The summed E-state index contributed by atoms with van der Waals surface area (Å²) in [4.78, 5) is 12.5. The lowest BCUT2D eigenvalue weighted by atomic mass is 9.90. The number of benzene rings is 2. The van der Waals surface area contributed by atoms with Crippen LogP contribution in [0.4, 0.5) is 5.69 Å². The van der Waals surface area contributed by atoms with Gasteiger partial charge in [0.25, 0.3) is 5.91 Å². The molecule has 3 rings (SSSR count). The first-order chi connectivity index (χ1) is 10.1.